The third kappa shape index (κ3) is 1.32. The van der Waals surface area contributed by atoms with E-state index in [2.05, 4.69) is 5.29 Å². The molecule has 2 aliphatic carbocycles. The summed E-state index contributed by atoms with van der Waals surface area (Å²) in [6.07, 6.45) is 5.57. The Hall–Kier alpha value is -0.600. The predicted octanol–water partition coefficient (Wildman–Crippen LogP) is 2.04. The second-order valence-corrected chi connectivity index (χ2v) is 4.36. The van der Waals surface area contributed by atoms with E-state index in [1.807, 2.05) is 0 Å². The summed E-state index contributed by atoms with van der Waals surface area (Å²) in [5, 5.41) is 4.47. The fraction of sp³-hybridized carbons (Fsp3) is 1.00. The molecule has 68 valence electrons. The van der Waals surface area contributed by atoms with E-state index < -0.39 is 0 Å². The zero-order valence-electron chi connectivity index (χ0n) is 7.57. The van der Waals surface area contributed by atoms with Gasteiger partial charge in [0, 0.05) is 13.6 Å². The van der Waals surface area contributed by atoms with Gasteiger partial charge >= 0.3 is 0 Å². The van der Waals surface area contributed by atoms with Gasteiger partial charge in [0.25, 0.3) is 0 Å². The molecule has 3 unspecified atom stereocenters. The van der Waals surface area contributed by atoms with Crippen molar-refractivity contribution in [1.82, 2.24) is 5.01 Å². The Morgan fingerprint density at radius 2 is 2.25 bits per heavy atom. The lowest BCUT2D eigenvalue weighted by Gasteiger charge is -2.23. The van der Waals surface area contributed by atoms with Gasteiger partial charge in [-0.25, -0.2) is 0 Å². The van der Waals surface area contributed by atoms with Gasteiger partial charge in [0.1, 0.15) is 0 Å². The molecule has 0 aromatic heterocycles. The lowest BCUT2D eigenvalue weighted by molar-refractivity contribution is 0.224. The molecule has 2 bridgehead atoms. The first kappa shape index (κ1) is 8.02. The standard InChI is InChI=1S/C9H16N2O/c1-11(10-12)6-9-5-7-2-3-8(9)4-7/h7-9H,2-6H2,1H3. The van der Waals surface area contributed by atoms with Gasteiger partial charge in [-0.15, -0.1) is 4.91 Å². The molecule has 3 atom stereocenters. The highest BCUT2D eigenvalue weighted by Crippen LogP contribution is 2.48. The van der Waals surface area contributed by atoms with Crippen molar-refractivity contribution in [2.45, 2.75) is 25.7 Å². The van der Waals surface area contributed by atoms with Crippen LogP contribution in [0.4, 0.5) is 0 Å². The lowest BCUT2D eigenvalue weighted by atomic mass is 9.89. The molecule has 0 aliphatic heterocycles. The van der Waals surface area contributed by atoms with Crippen molar-refractivity contribution >= 4 is 0 Å². The summed E-state index contributed by atoms with van der Waals surface area (Å²) >= 11 is 0. The van der Waals surface area contributed by atoms with Crippen molar-refractivity contribution in [3.05, 3.63) is 4.91 Å². The molecule has 2 rings (SSSR count). The summed E-state index contributed by atoms with van der Waals surface area (Å²) < 4.78 is 0. The number of hydrogen-bond acceptors (Lipinski definition) is 2. The van der Waals surface area contributed by atoms with Gasteiger partial charge in [-0.2, -0.15) is 0 Å². The Kier molecular flexibility index (Phi) is 2.03. The maximum Gasteiger partial charge on any atom is 0.0521 e. The zero-order valence-corrected chi connectivity index (χ0v) is 7.57. The van der Waals surface area contributed by atoms with Crippen LogP contribution < -0.4 is 0 Å². The quantitative estimate of drug-likeness (QED) is 0.477. The van der Waals surface area contributed by atoms with Crippen LogP contribution in [0.1, 0.15) is 25.7 Å². The van der Waals surface area contributed by atoms with Crippen LogP contribution >= 0.6 is 0 Å². The van der Waals surface area contributed by atoms with E-state index in [9.17, 15) is 4.91 Å². The van der Waals surface area contributed by atoms with E-state index in [1.54, 1.807) is 12.1 Å². The van der Waals surface area contributed by atoms with Gasteiger partial charge in [0.2, 0.25) is 0 Å². The molecule has 2 saturated carbocycles. The maximum absolute atomic E-state index is 10.2. The number of hydrogen-bond donors (Lipinski definition) is 0. The van der Waals surface area contributed by atoms with Crippen molar-refractivity contribution in [2.24, 2.45) is 23.0 Å². The summed E-state index contributed by atoms with van der Waals surface area (Å²) in [4.78, 5) is 10.2. The van der Waals surface area contributed by atoms with Crippen LogP contribution in [-0.2, 0) is 0 Å². The molecule has 0 spiro atoms. The number of nitroso groups, excluding NO2 is 1. The maximum atomic E-state index is 10.2. The Bertz CT molecular complexity index is 183. The molecule has 2 fully saturated rings. The largest absolute Gasteiger partial charge is 0.264 e. The molecule has 3 heteroatoms. The monoisotopic (exact) mass is 168 g/mol. The summed E-state index contributed by atoms with van der Waals surface area (Å²) in [7, 11) is 1.78. The first-order valence-electron chi connectivity index (χ1n) is 4.84. The zero-order chi connectivity index (χ0) is 8.55. The van der Waals surface area contributed by atoms with Gasteiger partial charge in [0.15, 0.2) is 0 Å². The van der Waals surface area contributed by atoms with Gasteiger partial charge in [-0.05, 0) is 37.0 Å². The summed E-state index contributed by atoms with van der Waals surface area (Å²) in [5.41, 5.74) is 0. The molecule has 2 aliphatic rings. The lowest BCUT2D eigenvalue weighted by Crippen LogP contribution is -2.24. The molecule has 0 aromatic carbocycles. The molecular formula is C9H16N2O. The van der Waals surface area contributed by atoms with Crippen LogP contribution in [0.5, 0.6) is 0 Å². The molecule has 3 nitrogen and oxygen atoms in total. The molecule has 0 heterocycles. The van der Waals surface area contributed by atoms with Gasteiger partial charge in [0.05, 0.1) is 5.29 Å². The molecular weight excluding hydrogens is 152 g/mol. The third-order valence-corrected chi connectivity index (χ3v) is 3.52. The minimum absolute atomic E-state index is 0.756. The first-order valence-corrected chi connectivity index (χ1v) is 4.84. The Morgan fingerprint density at radius 1 is 1.42 bits per heavy atom. The first-order chi connectivity index (χ1) is 5.79. The number of fused-ring (bicyclic) bond motifs is 2. The molecule has 0 saturated heterocycles. The smallest absolute Gasteiger partial charge is 0.0521 e. The highest BCUT2D eigenvalue weighted by Gasteiger charge is 2.39. The van der Waals surface area contributed by atoms with Crippen LogP contribution in [0, 0.1) is 22.7 Å². The van der Waals surface area contributed by atoms with Crippen LogP contribution in [0.2, 0.25) is 0 Å². The Morgan fingerprint density at radius 3 is 2.75 bits per heavy atom. The molecule has 0 aromatic rings. The van der Waals surface area contributed by atoms with Gasteiger partial charge in [-0.1, -0.05) is 6.42 Å². The third-order valence-electron chi connectivity index (χ3n) is 3.52. The minimum Gasteiger partial charge on any atom is -0.264 e. The number of nitrogens with zero attached hydrogens (tertiary/aromatic N) is 2. The van der Waals surface area contributed by atoms with Gasteiger partial charge in [-0.3, -0.25) is 5.01 Å². The average Bonchev–Trinajstić information content (AvgIpc) is 2.64. The van der Waals surface area contributed by atoms with E-state index in [4.69, 9.17) is 0 Å². The summed E-state index contributed by atoms with van der Waals surface area (Å²) in [6, 6.07) is 0. The Labute approximate surface area is 73.1 Å². The molecule has 0 amide bonds. The van der Waals surface area contributed by atoms with Crippen LogP contribution in [0.25, 0.3) is 0 Å². The fourth-order valence-electron chi connectivity index (χ4n) is 2.97. The number of rotatable bonds is 3. The summed E-state index contributed by atoms with van der Waals surface area (Å²) in [5.74, 6) is 2.63. The molecule has 12 heavy (non-hydrogen) atoms. The fourth-order valence-corrected chi connectivity index (χ4v) is 2.97. The highest BCUT2D eigenvalue weighted by molar-refractivity contribution is 4.90. The predicted molar refractivity (Wildman–Crippen MR) is 47.4 cm³/mol. The second kappa shape index (κ2) is 3.04. The van der Waals surface area contributed by atoms with Crippen LogP contribution in [0.3, 0.4) is 0 Å². The topological polar surface area (TPSA) is 32.7 Å². The van der Waals surface area contributed by atoms with Crippen molar-refractivity contribution in [3.63, 3.8) is 0 Å². The average molecular weight is 168 g/mol. The van der Waals surface area contributed by atoms with Crippen molar-refractivity contribution in [2.75, 3.05) is 13.6 Å². The van der Waals surface area contributed by atoms with Crippen molar-refractivity contribution in [3.8, 4) is 0 Å². The SMILES string of the molecule is CN(CC1CC2CCC1C2)N=O. The van der Waals surface area contributed by atoms with E-state index in [0.29, 0.717) is 0 Å². The van der Waals surface area contributed by atoms with Crippen LogP contribution in [0.15, 0.2) is 5.29 Å². The van der Waals surface area contributed by atoms with Gasteiger partial charge < -0.3 is 0 Å². The summed E-state index contributed by atoms with van der Waals surface area (Å²) in [6.45, 7) is 0.880. The second-order valence-electron chi connectivity index (χ2n) is 4.36. The highest BCUT2D eigenvalue weighted by atomic mass is 16.3. The van der Waals surface area contributed by atoms with Crippen molar-refractivity contribution < 1.29 is 0 Å². The van der Waals surface area contributed by atoms with Crippen LogP contribution in [-0.4, -0.2) is 18.6 Å². The van der Waals surface area contributed by atoms with E-state index >= 15 is 0 Å². The van der Waals surface area contributed by atoms with E-state index in [-0.39, 0.29) is 0 Å². The van der Waals surface area contributed by atoms with E-state index in [0.717, 1.165) is 24.3 Å². The molecule has 0 N–H and O–H groups in total. The minimum atomic E-state index is 0.756. The van der Waals surface area contributed by atoms with E-state index in [1.165, 1.54) is 25.7 Å². The Balaban J connectivity index is 1.86. The molecule has 0 radical (unpaired) electrons. The normalized spacial score (nSPS) is 38.6. The van der Waals surface area contributed by atoms with Crippen molar-refractivity contribution in [1.29, 1.82) is 0 Å².